The minimum absolute atomic E-state index is 0.0370. The highest BCUT2D eigenvalue weighted by Crippen LogP contribution is 2.32. The number of nitrogens with zero attached hydrogens (tertiary/aromatic N) is 3. The van der Waals surface area contributed by atoms with Crippen molar-refractivity contribution in [1.82, 2.24) is 20.4 Å². The quantitative estimate of drug-likeness (QED) is 0.547. The third-order valence-electron chi connectivity index (χ3n) is 6.60. The second-order valence-corrected chi connectivity index (χ2v) is 9.06. The first kappa shape index (κ1) is 26.4. The first-order valence-electron chi connectivity index (χ1n) is 11.9. The van der Waals surface area contributed by atoms with Crippen molar-refractivity contribution >= 4 is 11.8 Å². The number of aliphatic hydroxyl groups is 1. The van der Waals surface area contributed by atoms with Gasteiger partial charge < -0.3 is 24.6 Å². The van der Waals surface area contributed by atoms with E-state index >= 15 is 0 Å². The van der Waals surface area contributed by atoms with E-state index in [0.29, 0.717) is 38.6 Å². The number of morpholine rings is 1. The number of carbonyl (C=O) groups is 2. The minimum Gasteiger partial charge on any atom is -0.383 e. The number of hydrogen-bond donors (Lipinski definition) is 2. The number of rotatable bonds is 9. The molecule has 1 saturated heterocycles. The number of ether oxygens (including phenoxy) is 1. The van der Waals surface area contributed by atoms with Gasteiger partial charge >= 0.3 is 12.1 Å². The van der Waals surface area contributed by atoms with Crippen LogP contribution in [0, 0.1) is 11.8 Å². The molecule has 1 aromatic rings. The van der Waals surface area contributed by atoms with Crippen molar-refractivity contribution in [3.63, 3.8) is 0 Å². The van der Waals surface area contributed by atoms with Gasteiger partial charge in [-0.25, -0.2) is 0 Å². The van der Waals surface area contributed by atoms with E-state index in [0.717, 1.165) is 32.1 Å². The smallest absolute Gasteiger partial charge is 0.383 e. The van der Waals surface area contributed by atoms with Gasteiger partial charge in [-0.2, -0.15) is 18.2 Å². The fourth-order valence-electron chi connectivity index (χ4n) is 4.62. The van der Waals surface area contributed by atoms with Crippen LogP contribution >= 0.6 is 0 Å². The molecular weight excluding hydrogens is 457 g/mol. The van der Waals surface area contributed by atoms with Gasteiger partial charge in [0.25, 0.3) is 0 Å². The number of halogens is 3. The molecule has 0 radical (unpaired) electrons. The van der Waals surface area contributed by atoms with Crippen LogP contribution in [0.4, 0.5) is 13.2 Å². The molecule has 1 aromatic heterocycles. The summed E-state index contributed by atoms with van der Waals surface area (Å²) in [7, 11) is 0. The van der Waals surface area contributed by atoms with Crippen LogP contribution in [0.3, 0.4) is 0 Å². The van der Waals surface area contributed by atoms with Gasteiger partial charge in [-0.15, -0.1) is 0 Å². The van der Waals surface area contributed by atoms with Crippen molar-refractivity contribution in [2.24, 2.45) is 11.8 Å². The molecule has 2 fully saturated rings. The number of nitrogens with one attached hydrogen (secondary N) is 1. The summed E-state index contributed by atoms with van der Waals surface area (Å²) in [6.07, 6.45) is -0.273. The van der Waals surface area contributed by atoms with E-state index in [9.17, 15) is 27.9 Å². The topological polar surface area (TPSA) is 118 Å². The first-order chi connectivity index (χ1) is 16.2. The summed E-state index contributed by atoms with van der Waals surface area (Å²) >= 11 is 0. The highest BCUT2D eigenvalue weighted by Gasteiger charge is 2.40. The van der Waals surface area contributed by atoms with Gasteiger partial charge in [0.1, 0.15) is 6.10 Å². The molecular formula is C22H33F3N4O5. The molecule has 12 heteroatoms. The third-order valence-corrected chi connectivity index (χ3v) is 6.60. The van der Waals surface area contributed by atoms with E-state index in [1.54, 1.807) is 11.8 Å². The van der Waals surface area contributed by atoms with E-state index in [4.69, 9.17) is 4.74 Å². The van der Waals surface area contributed by atoms with Crippen LogP contribution in [0.15, 0.2) is 4.52 Å². The van der Waals surface area contributed by atoms with Crippen LogP contribution in [0.1, 0.15) is 76.1 Å². The summed E-state index contributed by atoms with van der Waals surface area (Å²) in [6, 6.07) is -0.932. The standard InChI is InChI=1S/C22H33F3N4O5/c1-2-16(18(31)19-27-21(34-28-19)22(23,24)25)26-20(32)15(12-14-6-4-3-5-7-14)13-17(30)29-8-10-33-11-9-29/h14-16,18,31H,2-13H2,1H3,(H,26,32)/t15?,16-,18+/m1/s1. The molecule has 2 heterocycles. The molecule has 1 saturated carbocycles. The molecule has 192 valence electrons. The summed E-state index contributed by atoms with van der Waals surface area (Å²) < 4.78 is 47.8. The molecule has 2 aliphatic rings. The molecule has 1 aliphatic carbocycles. The van der Waals surface area contributed by atoms with E-state index in [1.165, 1.54) is 0 Å². The summed E-state index contributed by atoms with van der Waals surface area (Å²) in [6.45, 7) is 3.55. The van der Waals surface area contributed by atoms with Gasteiger partial charge in [-0.1, -0.05) is 44.2 Å². The van der Waals surface area contributed by atoms with Crippen LogP contribution in [-0.2, 0) is 20.5 Å². The Morgan fingerprint density at radius 3 is 2.47 bits per heavy atom. The van der Waals surface area contributed by atoms with Crippen molar-refractivity contribution in [3.8, 4) is 0 Å². The second-order valence-electron chi connectivity index (χ2n) is 9.06. The molecule has 1 unspecified atom stereocenters. The van der Waals surface area contributed by atoms with Crippen LogP contribution in [0.25, 0.3) is 0 Å². The lowest BCUT2D eigenvalue weighted by Crippen LogP contribution is -2.46. The summed E-state index contributed by atoms with van der Waals surface area (Å²) in [5.74, 6) is -2.91. The predicted octanol–water partition coefficient (Wildman–Crippen LogP) is 2.85. The SMILES string of the molecule is CC[C@@H](NC(=O)C(CC(=O)N1CCOCC1)CC1CCCCC1)[C@H](O)c1noc(C(F)(F)F)n1. The van der Waals surface area contributed by atoms with Gasteiger partial charge in [0.15, 0.2) is 0 Å². The van der Waals surface area contributed by atoms with E-state index in [1.807, 2.05) is 0 Å². The lowest BCUT2D eigenvalue weighted by atomic mass is 9.81. The largest absolute Gasteiger partial charge is 0.471 e. The average Bonchev–Trinajstić information content (AvgIpc) is 3.34. The van der Waals surface area contributed by atoms with Gasteiger partial charge in [-0.3, -0.25) is 9.59 Å². The number of aromatic nitrogens is 2. The van der Waals surface area contributed by atoms with Crippen LogP contribution in [-0.4, -0.2) is 64.3 Å². The molecule has 1 aliphatic heterocycles. The molecule has 2 amide bonds. The maximum atomic E-state index is 13.2. The number of amides is 2. The molecule has 0 bridgehead atoms. The highest BCUT2D eigenvalue weighted by atomic mass is 19.4. The Hall–Kier alpha value is -2.21. The zero-order valence-electron chi connectivity index (χ0n) is 19.4. The maximum Gasteiger partial charge on any atom is 0.471 e. The Morgan fingerprint density at radius 1 is 1.21 bits per heavy atom. The molecule has 9 nitrogen and oxygen atoms in total. The number of carbonyl (C=O) groups excluding carboxylic acids is 2. The molecule has 3 rings (SSSR count). The van der Waals surface area contributed by atoms with Gasteiger partial charge in [0.05, 0.1) is 19.3 Å². The zero-order chi connectivity index (χ0) is 24.7. The van der Waals surface area contributed by atoms with Gasteiger partial charge in [-0.05, 0) is 18.8 Å². The van der Waals surface area contributed by atoms with Gasteiger partial charge in [0.2, 0.25) is 17.6 Å². The lowest BCUT2D eigenvalue weighted by molar-refractivity contribution is -0.159. The Morgan fingerprint density at radius 2 is 1.88 bits per heavy atom. The summed E-state index contributed by atoms with van der Waals surface area (Å²) in [4.78, 5) is 31.0. The Kier molecular flexibility index (Phi) is 9.29. The maximum absolute atomic E-state index is 13.2. The monoisotopic (exact) mass is 490 g/mol. The summed E-state index contributed by atoms with van der Waals surface area (Å²) in [5, 5.41) is 16.5. The second kappa shape index (κ2) is 12.0. The number of aliphatic hydroxyl groups excluding tert-OH is 1. The van der Waals surface area contributed by atoms with Crippen molar-refractivity contribution in [2.45, 2.75) is 76.6 Å². The van der Waals surface area contributed by atoms with Crippen molar-refractivity contribution in [3.05, 3.63) is 11.7 Å². The van der Waals surface area contributed by atoms with E-state index < -0.39 is 41.9 Å². The molecule has 0 aromatic carbocycles. The number of alkyl halides is 3. The van der Waals surface area contributed by atoms with Crippen LogP contribution in [0.2, 0.25) is 0 Å². The summed E-state index contributed by atoms with van der Waals surface area (Å²) in [5.41, 5.74) is 0. The van der Waals surface area contributed by atoms with Gasteiger partial charge in [0, 0.05) is 25.4 Å². The molecule has 3 atom stereocenters. The highest BCUT2D eigenvalue weighted by molar-refractivity contribution is 5.86. The first-order valence-corrected chi connectivity index (χ1v) is 11.9. The van der Waals surface area contributed by atoms with Crippen molar-refractivity contribution < 1.29 is 37.1 Å². The number of hydrogen-bond acceptors (Lipinski definition) is 7. The predicted molar refractivity (Wildman–Crippen MR) is 113 cm³/mol. The molecule has 2 N–H and O–H groups in total. The lowest BCUT2D eigenvalue weighted by Gasteiger charge is -2.31. The Balaban J connectivity index is 1.68. The Bertz CT molecular complexity index is 807. The van der Waals surface area contributed by atoms with Crippen molar-refractivity contribution in [1.29, 1.82) is 0 Å². The average molecular weight is 491 g/mol. The Labute approximate surface area is 196 Å². The third kappa shape index (κ3) is 7.14. The molecule has 0 spiro atoms. The zero-order valence-corrected chi connectivity index (χ0v) is 19.4. The van der Waals surface area contributed by atoms with Crippen LogP contribution < -0.4 is 5.32 Å². The fourth-order valence-corrected chi connectivity index (χ4v) is 4.62. The normalized spacial score (nSPS) is 20.6. The van der Waals surface area contributed by atoms with E-state index in [-0.39, 0.29) is 18.7 Å². The van der Waals surface area contributed by atoms with Crippen molar-refractivity contribution in [2.75, 3.05) is 26.3 Å². The molecule has 34 heavy (non-hydrogen) atoms. The minimum atomic E-state index is -4.83. The van der Waals surface area contributed by atoms with E-state index in [2.05, 4.69) is 20.0 Å². The fraction of sp³-hybridized carbons (Fsp3) is 0.818. The van der Waals surface area contributed by atoms with Crippen LogP contribution in [0.5, 0.6) is 0 Å².